The Bertz CT molecular complexity index is 201. The van der Waals surface area contributed by atoms with Crippen LogP contribution in [0.4, 0.5) is 18.0 Å². The van der Waals surface area contributed by atoms with E-state index in [-0.39, 0.29) is 0 Å². The van der Waals surface area contributed by atoms with Gasteiger partial charge in [0.05, 0.1) is 0 Å². The summed E-state index contributed by atoms with van der Waals surface area (Å²) in [4.78, 5) is 18.7. The number of hydrogen-bond donors (Lipinski definition) is 0. The number of rotatable bonds is 1. The minimum atomic E-state index is -4.94. The highest BCUT2D eigenvalue weighted by atomic mass is 19.4. The molecule has 0 aliphatic carbocycles. The zero-order chi connectivity index (χ0) is 10.6. The molecule has 1 rings (SSSR count). The van der Waals surface area contributed by atoms with Crippen molar-refractivity contribution in [3.8, 4) is 0 Å². The van der Waals surface area contributed by atoms with Crippen LogP contribution in [0.3, 0.4) is 0 Å². The number of likely N-dealkylation sites (tertiary alicyclic amines) is 1. The van der Waals surface area contributed by atoms with Crippen LogP contribution in [0.25, 0.3) is 0 Å². The van der Waals surface area contributed by atoms with Crippen LogP contribution < -0.4 is 0 Å². The fraction of sp³-hybridized carbons (Fsp3) is 0.857. The highest BCUT2D eigenvalue weighted by molar-refractivity contribution is 5.66. The average molecular weight is 213 g/mol. The fourth-order valence-electron chi connectivity index (χ4n) is 1.21. The second kappa shape index (κ2) is 4.50. The van der Waals surface area contributed by atoms with Gasteiger partial charge in [-0.05, 0) is 19.3 Å². The molecule has 0 atom stereocenters. The van der Waals surface area contributed by atoms with E-state index < -0.39 is 12.5 Å². The number of carbonyl (C=O) groups excluding carboxylic acids is 1. The molecular formula is C7H10F3NO3. The third kappa shape index (κ3) is 3.82. The molecule has 0 radical (unpaired) electrons. The molecule has 0 spiro atoms. The summed E-state index contributed by atoms with van der Waals surface area (Å²) in [6.07, 6.45) is -3.49. The summed E-state index contributed by atoms with van der Waals surface area (Å²) in [5.74, 6) is 0. The molecule has 0 saturated carbocycles. The monoisotopic (exact) mass is 213 g/mol. The number of halogens is 3. The molecule has 1 saturated heterocycles. The van der Waals surface area contributed by atoms with Crippen molar-refractivity contribution >= 4 is 6.09 Å². The van der Waals surface area contributed by atoms with E-state index in [1.54, 1.807) is 0 Å². The van der Waals surface area contributed by atoms with Gasteiger partial charge in [0.15, 0.2) is 0 Å². The lowest BCUT2D eigenvalue weighted by Crippen LogP contribution is -2.37. The maximum absolute atomic E-state index is 11.5. The van der Waals surface area contributed by atoms with Gasteiger partial charge in [-0.25, -0.2) is 4.79 Å². The minimum absolute atomic E-state index is 0.417. The summed E-state index contributed by atoms with van der Waals surface area (Å²) in [5, 5.41) is 0. The quantitative estimate of drug-likeness (QED) is 0.494. The van der Waals surface area contributed by atoms with Gasteiger partial charge in [0.25, 0.3) is 0 Å². The first-order chi connectivity index (χ1) is 6.49. The zero-order valence-electron chi connectivity index (χ0n) is 7.34. The van der Waals surface area contributed by atoms with Gasteiger partial charge in [-0.1, -0.05) is 4.89 Å². The van der Waals surface area contributed by atoms with Gasteiger partial charge in [0.1, 0.15) is 0 Å². The topological polar surface area (TPSA) is 38.8 Å². The number of piperidine rings is 1. The number of amides is 1. The van der Waals surface area contributed by atoms with Gasteiger partial charge in [0.2, 0.25) is 0 Å². The Morgan fingerprint density at radius 1 is 1.14 bits per heavy atom. The number of carbonyl (C=O) groups is 1. The summed E-state index contributed by atoms with van der Waals surface area (Å²) in [7, 11) is 0. The lowest BCUT2D eigenvalue weighted by molar-refractivity contribution is -0.459. The second-order valence-corrected chi connectivity index (χ2v) is 2.93. The second-order valence-electron chi connectivity index (χ2n) is 2.93. The fourth-order valence-corrected chi connectivity index (χ4v) is 1.21. The predicted molar refractivity (Wildman–Crippen MR) is 39.0 cm³/mol. The number of nitrogens with zero attached hydrogens (tertiary/aromatic N) is 1. The van der Waals surface area contributed by atoms with Crippen molar-refractivity contribution < 1.29 is 27.7 Å². The smallest absolute Gasteiger partial charge is 0.306 e. The maximum Gasteiger partial charge on any atom is 0.558 e. The van der Waals surface area contributed by atoms with Gasteiger partial charge in [-0.3, -0.25) is 4.89 Å². The molecule has 0 aromatic heterocycles. The summed E-state index contributed by atoms with van der Waals surface area (Å²) in [6.45, 7) is 0.833. The highest BCUT2D eigenvalue weighted by Crippen LogP contribution is 2.18. The van der Waals surface area contributed by atoms with Gasteiger partial charge in [-0.15, -0.1) is 13.2 Å². The standard InChI is InChI=1S/C7H10F3NO3/c8-7(9,10)14-13-6(12)11-4-2-1-3-5-11/h1-5H2. The van der Waals surface area contributed by atoms with Crippen LogP contribution in [-0.2, 0) is 9.78 Å². The van der Waals surface area contributed by atoms with Crippen LogP contribution in [0, 0.1) is 0 Å². The summed E-state index contributed by atoms with van der Waals surface area (Å²) in [5.41, 5.74) is 0. The van der Waals surface area contributed by atoms with Crippen molar-refractivity contribution in [3.05, 3.63) is 0 Å². The van der Waals surface area contributed by atoms with Crippen molar-refractivity contribution in [1.29, 1.82) is 0 Å². The van der Waals surface area contributed by atoms with Crippen molar-refractivity contribution in [1.82, 2.24) is 4.90 Å². The third-order valence-electron chi connectivity index (χ3n) is 1.82. The molecule has 4 nitrogen and oxygen atoms in total. The van der Waals surface area contributed by atoms with E-state index in [0.717, 1.165) is 19.3 Å². The van der Waals surface area contributed by atoms with Crippen molar-refractivity contribution in [2.45, 2.75) is 25.6 Å². The Morgan fingerprint density at radius 3 is 2.21 bits per heavy atom. The molecule has 14 heavy (non-hydrogen) atoms. The first kappa shape index (κ1) is 11.1. The summed E-state index contributed by atoms with van der Waals surface area (Å²) < 4.78 is 34.4. The van der Waals surface area contributed by atoms with E-state index in [4.69, 9.17) is 0 Å². The van der Waals surface area contributed by atoms with E-state index in [2.05, 4.69) is 9.78 Å². The lowest BCUT2D eigenvalue weighted by Gasteiger charge is -2.24. The largest absolute Gasteiger partial charge is 0.558 e. The van der Waals surface area contributed by atoms with Crippen LogP contribution in [-0.4, -0.2) is 30.4 Å². The molecule has 0 aromatic rings. The average Bonchev–Trinajstić information content (AvgIpc) is 2.14. The van der Waals surface area contributed by atoms with Crippen LogP contribution in [0.2, 0.25) is 0 Å². The van der Waals surface area contributed by atoms with E-state index in [9.17, 15) is 18.0 Å². The molecule has 0 N–H and O–H groups in total. The van der Waals surface area contributed by atoms with E-state index in [1.165, 1.54) is 4.90 Å². The Hall–Kier alpha value is -0.980. The molecule has 1 aliphatic rings. The predicted octanol–water partition coefficient (Wildman–Crippen LogP) is 2.06. The summed E-state index contributed by atoms with van der Waals surface area (Å²) in [6, 6.07) is 0. The summed E-state index contributed by atoms with van der Waals surface area (Å²) >= 11 is 0. The molecule has 0 aromatic carbocycles. The molecule has 82 valence electrons. The molecule has 1 heterocycles. The molecule has 7 heteroatoms. The zero-order valence-corrected chi connectivity index (χ0v) is 7.34. The molecule has 0 bridgehead atoms. The minimum Gasteiger partial charge on any atom is -0.306 e. The molecule has 1 fully saturated rings. The number of alkyl halides is 3. The Kier molecular flexibility index (Phi) is 3.56. The van der Waals surface area contributed by atoms with Gasteiger partial charge in [0, 0.05) is 13.1 Å². The van der Waals surface area contributed by atoms with E-state index in [1.807, 2.05) is 0 Å². The van der Waals surface area contributed by atoms with Gasteiger partial charge < -0.3 is 4.90 Å². The highest BCUT2D eigenvalue weighted by Gasteiger charge is 2.34. The van der Waals surface area contributed by atoms with E-state index in [0.29, 0.717) is 13.1 Å². The molecule has 0 unspecified atom stereocenters. The Morgan fingerprint density at radius 2 is 1.71 bits per heavy atom. The molecule has 1 amide bonds. The first-order valence-electron chi connectivity index (χ1n) is 4.20. The maximum atomic E-state index is 11.5. The third-order valence-corrected chi connectivity index (χ3v) is 1.82. The lowest BCUT2D eigenvalue weighted by atomic mass is 10.1. The van der Waals surface area contributed by atoms with Crippen molar-refractivity contribution in [2.75, 3.05) is 13.1 Å². The van der Waals surface area contributed by atoms with Gasteiger partial charge >= 0.3 is 12.5 Å². The number of hydrogen-bond acceptors (Lipinski definition) is 3. The van der Waals surface area contributed by atoms with Gasteiger partial charge in [-0.2, -0.15) is 0 Å². The van der Waals surface area contributed by atoms with Crippen LogP contribution in [0.1, 0.15) is 19.3 Å². The normalized spacial score (nSPS) is 18.1. The SMILES string of the molecule is O=C(OOC(F)(F)F)N1CCCCC1. The van der Waals surface area contributed by atoms with Crippen molar-refractivity contribution in [3.63, 3.8) is 0 Å². The molecule has 1 aliphatic heterocycles. The Balaban J connectivity index is 2.27. The Labute approximate surface area is 78.5 Å². The molecular weight excluding hydrogens is 203 g/mol. The first-order valence-corrected chi connectivity index (χ1v) is 4.20. The van der Waals surface area contributed by atoms with Crippen molar-refractivity contribution in [2.24, 2.45) is 0 Å². The van der Waals surface area contributed by atoms with Crippen LogP contribution in [0.15, 0.2) is 0 Å². The van der Waals surface area contributed by atoms with Crippen LogP contribution in [0.5, 0.6) is 0 Å². The van der Waals surface area contributed by atoms with Crippen LogP contribution >= 0.6 is 0 Å². The van der Waals surface area contributed by atoms with E-state index >= 15 is 0 Å².